The molecule has 0 fully saturated rings. The van der Waals surface area contributed by atoms with Gasteiger partial charge >= 0.3 is 0 Å². The number of benzene rings is 2. The van der Waals surface area contributed by atoms with Crippen molar-refractivity contribution < 1.29 is 0 Å². The molecule has 2 heteroatoms. The maximum atomic E-state index is 5.79. The van der Waals surface area contributed by atoms with Crippen LogP contribution in [0, 0.1) is 0 Å². The molecule has 19 heavy (non-hydrogen) atoms. The number of nitrogens with one attached hydrogen (secondary N) is 1. The third-order valence-electron chi connectivity index (χ3n) is 3.64. The van der Waals surface area contributed by atoms with E-state index in [-0.39, 0.29) is 0 Å². The first-order valence-corrected chi connectivity index (χ1v) is 6.70. The van der Waals surface area contributed by atoms with E-state index in [1.54, 1.807) is 0 Å². The van der Waals surface area contributed by atoms with Crippen LogP contribution < -0.4 is 5.73 Å². The van der Waals surface area contributed by atoms with E-state index in [0.29, 0.717) is 12.5 Å². The summed E-state index contributed by atoms with van der Waals surface area (Å²) in [6.07, 6.45) is 2.95. The minimum Gasteiger partial charge on any atom is -0.361 e. The quantitative estimate of drug-likeness (QED) is 0.729. The third-order valence-corrected chi connectivity index (χ3v) is 3.64. The van der Waals surface area contributed by atoms with Crippen LogP contribution in [-0.2, 0) is 0 Å². The standard InChI is InChI=1S/C17H18N2/c18-10-8-16(13-4-2-1-3-5-13)14-6-7-17-15(12-14)9-11-19-17/h1-7,9,11-12,16,19H,8,10,18H2/t16-/m1/s1. The Labute approximate surface area is 113 Å². The Morgan fingerprint density at radius 2 is 1.79 bits per heavy atom. The summed E-state index contributed by atoms with van der Waals surface area (Å²) in [4.78, 5) is 3.23. The summed E-state index contributed by atoms with van der Waals surface area (Å²) in [5.41, 5.74) is 9.65. The third kappa shape index (κ3) is 2.40. The average molecular weight is 250 g/mol. The first kappa shape index (κ1) is 12.0. The summed E-state index contributed by atoms with van der Waals surface area (Å²) in [6.45, 7) is 0.699. The molecular weight excluding hydrogens is 232 g/mol. The van der Waals surface area contributed by atoms with Gasteiger partial charge < -0.3 is 10.7 Å². The van der Waals surface area contributed by atoms with Gasteiger partial charge in [0.05, 0.1) is 0 Å². The van der Waals surface area contributed by atoms with Crippen LogP contribution in [0.5, 0.6) is 0 Å². The highest BCUT2D eigenvalue weighted by Gasteiger charge is 2.13. The second kappa shape index (κ2) is 5.29. The zero-order valence-electron chi connectivity index (χ0n) is 10.8. The highest BCUT2D eigenvalue weighted by Crippen LogP contribution is 2.29. The van der Waals surface area contributed by atoms with Crippen LogP contribution in [-0.4, -0.2) is 11.5 Å². The van der Waals surface area contributed by atoms with Gasteiger partial charge in [-0.15, -0.1) is 0 Å². The topological polar surface area (TPSA) is 41.8 Å². The van der Waals surface area contributed by atoms with Crippen LogP contribution >= 0.6 is 0 Å². The summed E-state index contributed by atoms with van der Waals surface area (Å²) < 4.78 is 0. The van der Waals surface area contributed by atoms with Crippen molar-refractivity contribution in [2.24, 2.45) is 5.73 Å². The van der Waals surface area contributed by atoms with E-state index in [1.165, 1.54) is 22.0 Å². The predicted octanol–water partition coefficient (Wildman–Crippen LogP) is 3.65. The van der Waals surface area contributed by atoms with Crippen molar-refractivity contribution in [3.63, 3.8) is 0 Å². The highest BCUT2D eigenvalue weighted by atomic mass is 14.7. The van der Waals surface area contributed by atoms with E-state index < -0.39 is 0 Å². The molecule has 0 spiro atoms. The van der Waals surface area contributed by atoms with Crippen LogP contribution in [0.25, 0.3) is 10.9 Å². The van der Waals surface area contributed by atoms with Gasteiger partial charge in [-0.25, -0.2) is 0 Å². The highest BCUT2D eigenvalue weighted by molar-refractivity contribution is 5.80. The number of hydrogen-bond acceptors (Lipinski definition) is 1. The van der Waals surface area contributed by atoms with Gasteiger partial charge in [-0.05, 0) is 47.7 Å². The molecule has 1 atom stereocenters. The first-order chi connectivity index (χ1) is 9.38. The van der Waals surface area contributed by atoms with E-state index in [2.05, 4.69) is 59.6 Å². The largest absolute Gasteiger partial charge is 0.361 e. The molecule has 2 aromatic carbocycles. The fourth-order valence-electron chi connectivity index (χ4n) is 2.67. The Balaban J connectivity index is 2.03. The molecule has 0 aliphatic rings. The van der Waals surface area contributed by atoms with E-state index in [0.717, 1.165) is 6.42 Å². The Bertz CT molecular complexity index is 655. The molecule has 2 nitrogen and oxygen atoms in total. The molecule has 0 aliphatic carbocycles. The lowest BCUT2D eigenvalue weighted by Gasteiger charge is -2.17. The molecule has 1 heterocycles. The number of nitrogens with two attached hydrogens (primary N) is 1. The maximum absolute atomic E-state index is 5.79. The molecule has 0 radical (unpaired) electrons. The van der Waals surface area contributed by atoms with Crippen LogP contribution in [0.4, 0.5) is 0 Å². The number of fused-ring (bicyclic) bond motifs is 1. The van der Waals surface area contributed by atoms with Crippen LogP contribution in [0.3, 0.4) is 0 Å². The summed E-state index contributed by atoms with van der Waals surface area (Å²) >= 11 is 0. The Morgan fingerprint density at radius 1 is 0.947 bits per heavy atom. The van der Waals surface area contributed by atoms with Crippen molar-refractivity contribution in [2.75, 3.05) is 6.54 Å². The molecule has 0 saturated heterocycles. The van der Waals surface area contributed by atoms with E-state index in [4.69, 9.17) is 5.73 Å². The van der Waals surface area contributed by atoms with E-state index >= 15 is 0 Å². The van der Waals surface area contributed by atoms with E-state index in [9.17, 15) is 0 Å². The van der Waals surface area contributed by atoms with Crippen molar-refractivity contribution in [3.8, 4) is 0 Å². The lowest BCUT2D eigenvalue weighted by atomic mass is 9.88. The fraction of sp³-hybridized carbons (Fsp3) is 0.176. The summed E-state index contributed by atoms with van der Waals surface area (Å²) in [6, 6.07) is 19.3. The molecule has 1 aromatic heterocycles. The van der Waals surface area contributed by atoms with Crippen LogP contribution in [0.15, 0.2) is 60.8 Å². The van der Waals surface area contributed by atoms with Gasteiger partial charge in [0, 0.05) is 17.6 Å². The van der Waals surface area contributed by atoms with Gasteiger partial charge in [0.1, 0.15) is 0 Å². The second-order valence-electron chi connectivity index (χ2n) is 4.86. The molecule has 0 saturated carbocycles. The van der Waals surface area contributed by atoms with E-state index in [1.807, 2.05) is 6.20 Å². The molecule has 3 aromatic rings. The molecular formula is C17H18N2. The lowest BCUT2D eigenvalue weighted by molar-refractivity contribution is 0.727. The Hall–Kier alpha value is -2.06. The summed E-state index contributed by atoms with van der Waals surface area (Å²) in [5.74, 6) is 0.380. The Morgan fingerprint density at radius 3 is 2.58 bits per heavy atom. The van der Waals surface area contributed by atoms with Crippen LogP contribution in [0.1, 0.15) is 23.5 Å². The Kier molecular flexibility index (Phi) is 3.34. The van der Waals surface area contributed by atoms with Gasteiger partial charge in [-0.3, -0.25) is 0 Å². The van der Waals surface area contributed by atoms with Gasteiger partial charge in [-0.2, -0.15) is 0 Å². The normalized spacial score (nSPS) is 12.7. The molecule has 3 rings (SSSR count). The van der Waals surface area contributed by atoms with Crippen molar-refractivity contribution in [1.82, 2.24) is 4.98 Å². The zero-order chi connectivity index (χ0) is 13.1. The van der Waals surface area contributed by atoms with Crippen molar-refractivity contribution in [2.45, 2.75) is 12.3 Å². The predicted molar refractivity (Wildman–Crippen MR) is 80.3 cm³/mol. The molecule has 0 amide bonds. The van der Waals surface area contributed by atoms with Gasteiger partial charge in [-0.1, -0.05) is 36.4 Å². The summed E-state index contributed by atoms with van der Waals surface area (Å²) in [5, 5.41) is 1.26. The summed E-state index contributed by atoms with van der Waals surface area (Å²) in [7, 11) is 0. The van der Waals surface area contributed by atoms with Crippen LogP contribution in [0.2, 0.25) is 0 Å². The first-order valence-electron chi connectivity index (χ1n) is 6.70. The molecule has 0 bridgehead atoms. The molecule has 0 aliphatic heterocycles. The number of aromatic nitrogens is 1. The van der Waals surface area contributed by atoms with Gasteiger partial charge in [0.25, 0.3) is 0 Å². The fourth-order valence-corrected chi connectivity index (χ4v) is 2.67. The minimum atomic E-state index is 0.380. The minimum absolute atomic E-state index is 0.380. The zero-order valence-corrected chi connectivity index (χ0v) is 10.8. The maximum Gasteiger partial charge on any atom is 0.0454 e. The lowest BCUT2D eigenvalue weighted by Crippen LogP contribution is -2.08. The van der Waals surface area contributed by atoms with Crippen molar-refractivity contribution >= 4 is 10.9 Å². The van der Waals surface area contributed by atoms with Gasteiger partial charge in [0.2, 0.25) is 0 Å². The van der Waals surface area contributed by atoms with Gasteiger partial charge in [0.15, 0.2) is 0 Å². The SMILES string of the molecule is NCC[C@H](c1ccccc1)c1ccc2[nH]ccc2c1. The van der Waals surface area contributed by atoms with Crippen molar-refractivity contribution in [1.29, 1.82) is 0 Å². The average Bonchev–Trinajstić information content (AvgIpc) is 2.93. The molecule has 0 unspecified atom stereocenters. The number of H-pyrrole nitrogens is 1. The molecule has 3 N–H and O–H groups in total. The monoisotopic (exact) mass is 250 g/mol. The second-order valence-corrected chi connectivity index (χ2v) is 4.86. The van der Waals surface area contributed by atoms with Crippen molar-refractivity contribution in [3.05, 3.63) is 71.9 Å². The molecule has 96 valence electrons. The number of hydrogen-bond donors (Lipinski definition) is 2. The number of rotatable bonds is 4. The smallest absolute Gasteiger partial charge is 0.0454 e. The number of aromatic amines is 1.